The molecule has 1 atom stereocenters. The van der Waals surface area contributed by atoms with E-state index in [9.17, 15) is 28.4 Å². The number of anilines is 4. The summed E-state index contributed by atoms with van der Waals surface area (Å²) < 4.78 is 31.9. The molecule has 6 aromatic rings. The van der Waals surface area contributed by atoms with Crippen LogP contribution in [0.5, 0.6) is 0 Å². The highest BCUT2D eigenvalue weighted by Gasteiger charge is 2.29. The van der Waals surface area contributed by atoms with Gasteiger partial charge in [-0.05, 0) is 132 Å². The molecule has 1 aliphatic rings. The number of nitrogens with zero attached hydrogens (tertiary/aromatic N) is 5. The third-order valence-corrected chi connectivity index (χ3v) is 14.3. The number of hydrogen-bond donors (Lipinski definition) is 3. The molecule has 7 rings (SSSR count). The highest BCUT2D eigenvalue weighted by atomic mass is 35.5. The minimum atomic E-state index is -4.17. The van der Waals surface area contributed by atoms with Crippen molar-refractivity contribution in [2.75, 3.05) is 72.4 Å². The summed E-state index contributed by atoms with van der Waals surface area (Å²) in [6, 6.07) is 36.4. The number of rotatable bonds is 18. The van der Waals surface area contributed by atoms with Crippen molar-refractivity contribution in [2.24, 2.45) is 0 Å². The van der Waals surface area contributed by atoms with Crippen LogP contribution in [0.4, 0.5) is 28.4 Å². The second kappa shape index (κ2) is 20.4. The Morgan fingerprint density at radius 1 is 0.862 bits per heavy atom. The molecule has 1 aliphatic heterocycles. The zero-order valence-corrected chi connectivity index (χ0v) is 39.5. The molecule has 0 saturated carbocycles. The first-order chi connectivity index (χ1) is 31.1. The van der Waals surface area contributed by atoms with Gasteiger partial charge in [0.25, 0.3) is 15.7 Å². The molecule has 1 aromatic heterocycles. The molecule has 0 aliphatic carbocycles. The van der Waals surface area contributed by atoms with Gasteiger partial charge < -0.3 is 29.7 Å². The van der Waals surface area contributed by atoms with Crippen LogP contribution in [0.3, 0.4) is 0 Å². The smallest absolute Gasteiger partial charge is 0.338 e. The second-order valence-electron chi connectivity index (χ2n) is 16.6. The molecular formula is C49H54ClN7O6S2. The normalized spacial score (nSPS) is 13.6. The Labute approximate surface area is 390 Å². The number of aromatic carboxylic acids is 1. The summed E-state index contributed by atoms with van der Waals surface area (Å²) in [5, 5.41) is 26.7. The summed E-state index contributed by atoms with van der Waals surface area (Å²) in [5.41, 5.74) is 6.33. The van der Waals surface area contributed by atoms with Crippen molar-refractivity contribution in [1.82, 2.24) is 9.47 Å². The molecule has 16 heteroatoms. The predicted molar refractivity (Wildman–Crippen MR) is 265 cm³/mol. The van der Waals surface area contributed by atoms with Gasteiger partial charge in [-0.2, -0.15) is 0 Å². The van der Waals surface area contributed by atoms with Crippen LogP contribution in [-0.2, 0) is 10.0 Å². The standard InChI is InChI=1S/C49H54ClN7O6S2/c1-33(2)56-34(3)46(49(58)59)47(48(56)35-14-16-37(50)17-15-35)36-10-9-11-41(30-36)55-28-26-54(27-29-55)40-20-18-38(19-21-40)52-65(62,63)43-22-23-44(45(31-43)57(60)61)51-39(24-25-53(4)5)32-64-42-12-7-6-8-13-42/h6-23,30-31,33,39,51-52H,24-29,32H2,1-5H3,(H,58,59). The lowest BCUT2D eigenvalue weighted by atomic mass is 9.96. The number of carbonyl (C=O) groups is 1. The van der Waals surface area contributed by atoms with Crippen LogP contribution >= 0.6 is 23.4 Å². The number of benzene rings is 5. The summed E-state index contributed by atoms with van der Waals surface area (Å²) >= 11 is 7.91. The van der Waals surface area contributed by atoms with Crippen molar-refractivity contribution in [3.8, 4) is 22.4 Å². The Bertz CT molecular complexity index is 2740. The van der Waals surface area contributed by atoms with Gasteiger partial charge in [0.05, 0.1) is 21.1 Å². The number of sulfonamides is 1. The second-order valence-corrected chi connectivity index (χ2v) is 19.8. The van der Waals surface area contributed by atoms with Crippen molar-refractivity contribution in [2.45, 2.75) is 49.1 Å². The van der Waals surface area contributed by atoms with Crippen LogP contribution in [0.25, 0.3) is 22.4 Å². The first-order valence-corrected chi connectivity index (χ1v) is 24.3. The van der Waals surface area contributed by atoms with E-state index >= 15 is 0 Å². The van der Waals surface area contributed by atoms with Gasteiger partial charge in [-0.15, -0.1) is 11.8 Å². The number of nitro benzene ring substituents is 1. The summed E-state index contributed by atoms with van der Waals surface area (Å²) in [5.74, 6) is -0.320. The highest BCUT2D eigenvalue weighted by molar-refractivity contribution is 7.99. The van der Waals surface area contributed by atoms with Gasteiger partial charge in [0.2, 0.25) is 0 Å². The largest absolute Gasteiger partial charge is 0.478 e. The third kappa shape index (κ3) is 11.1. The summed E-state index contributed by atoms with van der Waals surface area (Å²) in [6.07, 6.45) is 0.725. The van der Waals surface area contributed by atoms with E-state index in [0.29, 0.717) is 53.9 Å². The van der Waals surface area contributed by atoms with Crippen LogP contribution in [0.2, 0.25) is 5.02 Å². The maximum atomic E-state index is 13.6. The van der Waals surface area contributed by atoms with Crippen molar-refractivity contribution in [3.63, 3.8) is 0 Å². The van der Waals surface area contributed by atoms with E-state index in [2.05, 4.69) is 35.4 Å². The maximum absolute atomic E-state index is 13.6. The number of nitro groups is 1. The quantitative estimate of drug-likeness (QED) is 0.0429. The fourth-order valence-corrected chi connectivity index (χ4v) is 10.5. The van der Waals surface area contributed by atoms with Gasteiger partial charge in [-0.1, -0.05) is 54.1 Å². The molecule has 65 heavy (non-hydrogen) atoms. The van der Waals surface area contributed by atoms with E-state index in [1.807, 2.05) is 120 Å². The fourth-order valence-electron chi connectivity index (χ4n) is 8.32. The topological polar surface area (TPSA) is 153 Å². The molecule has 1 fully saturated rings. The number of carboxylic acids is 1. The average molecular weight is 937 g/mol. The first-order valence-electron chi connectivity index (χ1n) is 21.4. The molecule has 1 unspecified atom stereocenters. The van der Waals surface area contributed by atoms with E-state index in [1.54, 1.807) is 23.9 Å². The zero-order valence-electron chi connectivity index (χ0n) is 37.1. The molecule has 0 bridgehead atoms. The number of thioether (sulfide) groups is 1. The van der Waals surface area contributed by atoms with Gasteiger partial charge in [-0.25, -0.2) is 13.2 Å². The highest BCUT2D eigenvalue weighted by Crippen LogP contribution is 2.42. The number of halogens is 1. The van der Waals surface area contributed by atoms with E-state index in [-0.39, 0.29) is 33.9 Å². The molecule has 0 radical (unpaired) electrons. The van der Waals surface area contributed by atoms with Gasteiger partial charge in [-0.3, -0.25) is 14.8 Å². The Hall–Kier alpha value is -6.00. The number of nitrogens with one attached hydrogen (secondary N) is 2. The summed E-state index contributed by atoms with van der Waals surface area (Å²) in [6.45, 7) is 9.51. The predicted octanol–water partition coefficient (Wildman–Crippen LogP) is 10.6. The minimum absolute atomic E-state index is 0.00840. The van der Waals surface area contributed by atoms with E-state index < -0.39 is 20.9 Å². The Morgan fingerprint density at radius 3 is 2.14 bits per heavy atom. The number of aromatic nitrogens is 1. The van der Waals surface area contributed by atoms with Crippen LogP contribution in [-0.4, -0.2) is 92.5 Å². The van der Waals surface area contributed by atoms with Crippen molar-refractivity contribution < 1.29 is 23.2 Å². The lowest BCUT2D eigenvalue weighted by Gasteiger charge is -2.37. The van der Waals surface area contributed by atoms with Crippen LogP contribution in [0.15, 0.2) is 131 Å². The molecule has 340 valence electrons. The third-order valence-electron chi connectivity index (χ3n) is 11.5. The van der Waals surface area contributed by atoms with Crippen molar-refractivity contribution in [1.29, 1.82) is 0 Å². The Balaban J connectivity index is 1.02. The molecule has 3 N–H and O–H groups in total. The molecule has 2 heterocycles. The number of hydrogen-bond acceptors (Lipinski definition) is 10. The zero-order chi connectivity index (χ0) is 46.4. The lowest BCUT2D eigenvalue weighted by Crippen LogP contribution is -2.46. The molecule has 0 amide bonds. The van der Waals surface area contributed by atoms with Gasteiger partial charge in [0, 0.05) is 88.3 Å². The van der Waals surface area contributed by atoms with Gasteiger partial charge in [0.1, 0.15) is 5.69 Å². The number of carboxylic acid groups (broad SMARTS) is 1. The lowest BCUT2D eigenvalue weighted by molar-refractivity contribution is -0.384. The molecular weight excluding hydrogens is 882 g/mol. The molecule has 1 saturated heterocycles. The summed E-state index contributed by atoms with van der Waals surface area (Å²) in [4.78, 5) is 32.0. The van der Waals surface area contributed by atoms with Crippen LogP contribution < -0.4 is 19.8 Å². The first kappa shape index (κ1) is 47.0. The van der Waals surface area contributed by atoms with E-state index in [1.165, 1.54) is 12.1 Å². The number of piperazine rings is 1. The average Bonchev–Trinajstić information content (AvgIpc) is 3.61. The maximum Gasteiger partial charge on any atom is 0.338 e. The van der Waals surface area contributed by atoms with Gasteiger partial charge in [0.15, 0.2) is 0 Å². The Kier molecular flexibility index (Phi) is 14.8. The van der Waals surface area contributed by atoms with Crippen LogP contribution in [0, 0.1) is 17.0 Å². The van der Waals surface area contributed by atoms with E-state index in [4.69, 9.17) is 11.6 Å². The molecule has 0 spiro atoms. The Morgan fingerprint density at radius 2 is 1.52 bits per heavy atom. The van der Waals surface area contributed by atoms with Crippen LogP contribution in [0.1, 0.15) is 42.4 Å². The fraction of sp³-hybridized carbons (Fsp3) is 0.286. The molecule has 13 nitrogen and oxygen atoms in total. The summed E-state index contributed by atoms with van der Waals surface area (Å²) in [7, 11) is -0.220. The van der Waals surface area contributed by atoms with Crippen molar-refractivity contribution >= 4 is 67.8 Å². The van der Waals surface area contributed by atoms with E-state index in [0.717, 1.165) is 52.1 Å². The van der Waals surface area contributed by atoms with Gasteiger partial charge >= 0.3 is 5.97 Å². The van der Waals surface area contributed by atoms with Crippen molar-refractivity contribution in [3.05, 3.63) is 148 Å². The monoisotopic (exact) mass is 935 g/mol. The minimum Gasteiger partial charge on any atom is -0.478 e. The molecule has 5 aromatic carbocycles. The SMILES string of the molecule is Cc1c(C(=O)O)c(-c2cccc(N3CCN(c4ccc(NS(=O)(=O)c5ccc(NC(CCN(C)C)CSc6ccccc6)c([N+](=O)[O-])c5)cc4)CC3)c2)c(-c2ccc(Cl)cc2)n1C(C)C.